The number of carbonyl (C=O) groups is 1. The van der Waals surface area contributed by atoms with Gasteiger partial charge in [0.05, 0.1) is 5.56 Å². The Hall–Kier alpha value is -2.00. The fourth-order valence-electron chi connectivity index (χ4n) is 2.46. The van der Waals surface area contributed by atoms with Gasteiger partial charge in [-0.3, -0.25) is 4.79 Å². The zero-order chi connectivity index (χ0) is 15.0. The number of halogens is 2. The van der Waals surface area contributed by atoms with Crippen molar-refractivity contribution in [2.24, 2.45) is 0 Å². The molecule has 0 aliphatic rings. The molecule has 1 nitrogen and oxygen atoms in total. The predicted octanol–water partition coefficient (Wildman–Crippen LogP) is 5.28. The summed E-state index contributed by atoms with van der Waals surface area (Å²) in [6, 6.07) is 15.7. The van der Waals surface area contributed by atoms with Crippen LogP contribution in [-0.4, -0.2) is 5.78 Å². The molecule has 3 aromatic carbocycles. The molecule has 0 amide bonds. The highest BCUT2D eigenvalue weighted by Crippen LogP contribution is 2.26. The Bertz CT molecular complexity index is 855. The van der Waals surface area contributed by atoms with Crippen LogP contribution in [-0.2, 0) is 0 Å². The average molecular weight is 343 g/mol. The van der Waals surface area contributed by atoms with Crippen LogP contribution < -0.4 is 0 Å². The summed E-state index contributed by atoms with van der Waals surface area (Å²) in [6.07, 6.45) is 0. The monoisotopic (exact) mass is 342 g/mol. The highest BCUT2D eigenvalue weighted by Gasteiger charge is 2.17. The van der Waals surface area contributed by atoms with Crippen LogP contribution in [0.4, 0.5) is 4.39 Å². The molecule has 0 saturated carbocycles. The Morgan fingerprint density at radius 2 is 1.67 bits per heavy atom. The van der Waals surface area contributed by atoms with Crippen molar-refractivity contribution in [3.05, 3.63) is 81.6 Å². The Kier molecular flexibility index (Phi) is 3.60. The second-order valence-electron chi connectivity index (χ2n) is 4.93. The third-order valence-electron chi connectivity index (χ3n) is 3.56. The van der Waals surface area contributed by atoms with E-state index in [-0.39, 0.29) is 11.3 Å². The number of hydrogen-bond acceptors (Lipinski definition) is 1. The van der Waals surface area contributed by atoms with E-state index in [9.17, 15) is 9.18 Å². The largest absolute Gasteiger partial charge is 0.288 e. The molecule has 0 aromatic heterocycles. The van der Waals surface area contributed by atoms with Gasteiger partial charge in [-0.1, -0.05) is 52.3 Å². The Labute approximate surface area is 130 Å². The maximum atomic E-state index is 13.9. The van der Waals surface area contributed by atoms with Crippen LogP contribution in [0.3, 0.4) is 0 Å². The van der Waals surface area contributed by atoms with E-state index in [1.807, 2.05) is 37.3 Å². The second kappa shape index (κ2) is 5.41. The Morgan fingerprint density at radius 1 is 0.952 bits per heavy atom. The number of ketones is 1. The summed E-state index contributed by atoms with van der Waals surface area (Å²) in [7, 11) is 0. The minimum absolute atomic E-state index is 0.0818. The van der Waals surface area contributed by atoms with Gasteiger partial charge in [-0.15, -0.1) is 0 Å². The van der Waals surface area contributed by atoms with Gasteiger partial charge in [0, 0.05) is 10.0 Å². The molecule has 0 atom stereocenters. The van der Waals surface area contributed by atoms with Gasteiger partial charge in [0.25, 0.3) is 0 Å². The summed E-state index contributed by atoms with van der Waals surface area (Å²) in [6.45, 7) is 2.00. The standard InChI is InChI=1S/C18H12BrFO/c1-11-6-8-15(14-5-3-2-4-13(11)14)18(21)16-10-12(19)7-9-17(16)20/h2-10H,1H3. The lowest BCUT2D eigenvalue weighted by Crippen LogP contribution is -2.05. The zero-order valence-corrected chi connectivity index (χ0v) is 12.9. The van der Waals surface area contributed by atoms with Gasteiger partial charge in [0.1, 0.15) is 5.82 Å². The van der Waals surface area contributed by atoms with Crippen LogP contribution in [0.15, 0.2) is 59.1 Å². The van der Waals surface area contributed by atoms with E-state index in [1.54, 1.807) is 12.1 Å². The Balaban J connectivity index is 2.23. The number of rotatable bonds is 2. The molecule has 3 aromatic rings. The van der Waals surface area contributed by atoms with Gasteiger partial charge < -0.3 is 0 Å². The van der Waals surface area contributed by atoms with Gasteiger partial charge in [-0.05, 0) is 41.5 Å². The van der Waals surface area contributed by atoms with Gasteiger partial charge in [-0.25, -0.2) is 4.39 Å². The second-order valence-corrected chi connectivity index (χ2v) is 5.84. The van der Waals surface area contributed by atoms with Crippen LogP contribution in [0.1, 0.15) is 21.5 Å². The Morgan fingerprint density at radius 3 is 2.43 bits per heavy atom. The van der Waals surface area contributed by atoms with Crippen molar-refractivity contribution < 1.29 is 9.18 Å². The first-order valence-corrected chi connectivity index (χ1v) is 7.35. The molecule has 0 unspecified atom stereocenters. The molecule has 0 fully saturated rings. The van der Waals surface area contributed by atoms with Crippen molar-refractivity contribution in [2.75, 3.05) is 0 Å². The first-order valence-electron chi connectivity index (χ1n) is 6.56. The number of hydrogen-bond donors (Lipinski definition) is 0. The van der Waals surface area contributed by atoms with E-state index in [2.05, 4.69) is 15.9 Å². The third kappa shape index (κ3) is 2.49. The first kappa shape index (κ1) is 14.0. The molecule has 0 N–H and O–H groups in total. The zero-order valence-electron chi connectivity index (χ0n) is 11.4. The SMILES string of the molecule is Cc1ccc(C(=O)c2cc(Br)ccc2F)c2ccccc12. The maximum absolute atomic E-state index is 13.9. The average Bonchev–Trinajstić information content (AvgIpc) is 2.50. The van der Waals surface area contributed by atoms with Gasteiger partial charge in [0.15, 0.2) is 5.78 Å². The molecule has 0 radical (unpaired) electrons. The summed E-state index contributed by atoms with van der Waals surface area (Å²) < 4.78 is 14.6. The van der Waals surface area contributed by atoms with Crippen LogP contribution in [0, 0.1) is 12.7 Å². The van der Waals surface area contributed by atoms with E-state index < -0.39 is 5.82 Å². The number of fused-ring (bicyclic) bond motifs is 1. The van der Waals surface area contributed by atoms with Crippen molar-refractivity contribution in [2.45, 2.75) is 6.92 Å². The number of aryl methyl sites for hydroxylation is 1. The molecular weight excluding hydrogens is 331 g/mol. The van der Waals surface area contributed by atoms with E-state index in [4.69, 9.17) is 0 Å². The summed E-state index contributed by atoms with van der Waals surface area (Å²) in [5, 5.41) is 1.86. The van der Waals surface area contributed by atoms with Gasteiger partial charge in [0.2, 0.25) is 0 Å². The summed E-state index contributed by atoms with van der Waals surface area (Å²) in [5.74, 6) is -0.808. The van der Waals surface area contributed by atoms with Gasteiger partial charge >= 0.3 is 0 Å². The fourth-order valence-corrected chi connectivity index (χ4v) is 2.83. The third-order valence-corrected chi connectivity index (χ3v) is 4.05. The molecule has 104 valence electrons. The molecule has 0 spiro atoms. The lowest BCUT2D eigenvalue weighted by atomic mass is 9.95. The van der Waals surface area contributed by atoms with Crippen LogP contribution >= 0.6 is 15.9 Å². The molecule has 21 heavy (non-hydrogen) atoms. The fraction of sp³-hybridized carbons (Fsp3) is 0.0556. The van der Waals surface area contributed by atoms with Crippen LogP contribution in [0.2, 0.25) is 0 Å². The minimum Gasteiger partial charge on any atom is -0.288 e. The van der Waals surface area contributed by atoms with E-state index in [1.165, 1.54) is 12.1 Å². The van der Waals surface area contributed by atoms with Crippen molar-refractivity contribution in [3.8, 4) is 0 Å². The normalized spacial score (nSPS) is 10.8. The van der Waals surface area contributed by atoms with E-state index in [0.29, 0.717) is 10.0 Å². The lowest BCUT2D eigenvalue weighted by molar-refractivity contribution is 0.103. The molecule has 0 saturated heterocycles. The van der Waals surface area contributed by atoms with Crippen molar-refractivity contribution in [3.63, 3.8) is 0 Å². The maximum Gasteiger partial charge on any atom is 0.196 e. The van der Waals surface area contributed by atoms with Crippen molar-refractivity contribution >= 4 is 32.5 Å². The number of carbonyl (C=O) groups excluding carboxylic acids is 1. The molecule has 3 rings (SSSR count). The van der Waals surface area contributed by atoms with E-state index in [0.717, 1.165) is 16.3 Å². The quantitative estimate of drug-likeness (QED) is 0.579. The van der Waals surface area contributed by atoms with Crippen molar-refractivity contribution in [1.82, 2.24) is 0 Å². The molecule has 3 heteroatoms. The first-order chi connectivity index (χ1) is 10.1. The number of benzene rings is 3. The van der Waals surface area contributed by atoms with E-state index >= 15 is 0 Å². The van der Waals surface area contributed by atoms with Crippen molar-refractivity contribution in [1.29, 1.82) is 0 Å². The predicted molar refractivity (Wildman–Crippen MR) is 86.2 cm³/mol. The summed E-state index contributed by atoms with van der Waals surface area (Å²) in [4.78, 5) is 12.7. The summed E-state index contributed by atoms with van der Waals surface area (Å²) in [5.41, 5.74) is 1.70. The van der Waals surface area contributed by atoms with Crippen LogP contribution in [0.25, 0.3) is 10.8 Å². The molecule has 0 aliphatic carbocycles. The molecular formula is C18H12BrFO. The minimum atomic E-state index is -0.507. The van der Waals surface area contributed by atoms with Gasteiger partial charge in [-0.2, -0.15) is 0 Å². The molecule has 0 aliphatic heterocycles. The summed E-state index contributed by atoms with van der Waals surface area (Å²) >= 11 is 3.28. The molecule has 0 bridgehead atoms. The van der Waals surface area contributed by atoms with Crippen LogP contribution in [0.5, 0.6) is 0 Å². The molecule has 0 heterocycles. The highest BCUT2D eigenvalue weighted by molar-refractivity contribution is 9.10. The lowest BCUT2D eigenvalue weighted by Gasteiger charge is -2.09. The topological polar surface area (TPSA) is 17.1 Å². The highest BCUT2D eigenvalue weighted by atomic mass is 79.9. The smallest absolute Gasteiger partial charge is 0.196 e.